The lowest BCUT2D eigenvalue weighted by atomic mass is 9.96. The first-order chi connectivity index (χ1) is 9.31. The Morgan fingerprint density at radius 2 is 2.32 bits per heavy atom. The first-order valence-corrected chi connectivity index (χ1v) is 8.20. The van der Waals surface area contributed by atoms with Crippen molar-refractivity contribution >= 4 is 27.3 Å². The molecule has 100 valence electrons. The van der Waals surface area contributed by atoms with Crippen LogP contribution in [0.4, 0.5) is 0 Å². The van der Waals surface area contributed by atoms with E-state index in [4.69, 9.17) is 4.98 Å². The Bertz CT molecular complexity index is 549. The van der Waals surface area contributed by atoms with Crippen molar-refractivity contribution in [2.24, 2.45) is 5.92 Å². The molecule has 1 unspecified atom stereocenters. The van der Waals surface area contributed by atoms with Crippen LogP contribution < -0.4 is 5.32 Å². The molecule has 0 aliphatic carbocycles. The molecule has 0 saturated carbocycles. The van der Waals surface area contributed by atoms with Crippen LogP contribution in [0.5, 0.6) is 0 Å². The molecule has 0 radical (unpaired) electrons. The van der Waals surface area contributed by atoms with Gasteiger partial charge in [0, 0.05) is 12.6 Å². The third kappa shape index (κ3) is 3.41. The molecule has 1 fully saturated rings. The number of thiophene rings is 1. The van der Waals surface area contributed by atoms with Crippen LogP contribution in [0.2, 0.25) is 0 Å². The number of nitrogens with zero attached hydrogens (tertiary/aromatic N) is 2. The van der Waals surface area contributed by atoms with Crippen LogP contribution in [0.15, 0.2) is 28.2 Å². The highest BCUT2D eigenvalue weighted by atomic mass is 79.9. The van der Waals surface area contributed by atoms with Gasteiger partial charge in [0.2, 0.25) is 0 Å². The highest BCUT2D eigenvalue weighted by Crippen LogP contribution is 2.30. The van der Waals surface area contributed by atoms with Gasteiger partial charge in [-0.1, -0.05) is 0 Å². The van der Waals surface area contributed by atoms with Gasteiger partial charge in [-0.15, -0.1) is 11.3 Å². The first kappa shape index (κ1) is 13.2. The molecule has 3 rings (SSSR count). The third-order valence-corrected chi connectivity index (χ3v) is 5.05. The van der Waals surface area contributed by atoms with Crippen LogP contribution in [0.25, 0.3) is 10.6 Å². The standard InChI is InChI=1S/C14H16BrN3S/c15-13-4-3-12(19-13)11-5-7-17-14(18-11)8-10-2-1-6-16-9-10/h3-5,7,10,16H,1-2,6,8-9H2. The summed E-state index contributed by atoms with van der Waals surface area (Å²) in [5.74, 6) is 1.65. The second kappa shape index (κ2) is 6.11. The van der Waals surface area contributed by atoms with Crippen LogP contribution >= 0.6 is 27.3 Å². The van der Waals surface area contributed by atoms with Gasteiger partial charge in [-0.2, -0.15) is 0 Å². The highest BCUT2D eigenvalue weighted by Gasteiger charge is 2.15. The zero-order valence-electron chi connectivity index (χ0n) is 10.6. The van der Waals surface area contributed by atoms with E-state index >= 15 is 0 Å². The van der Waals surface area contributed by atoms with E-state index < -0.39 is 0 Å². The second-order valence-electron chi connectivity index (χ2n) is 4.88. The van der Waals surface area contributed by atoms with Crippen molar-refractivity contribution in [3.63, 3.8) is 0 Å². The summed E-state index contributed by atoms with van der Waals surface area (Å²) in [7, 11) is 0. The van der Waals surface area contributed by atoms with Crippen molar-refractivity contribution in [1.29, 1.82) is 0 Å². The maximum absolute atomic E-state index is 4.70. The van der Waals surface area contributed by atoms with Crippen molar-refractivity contribution in [2.75, 3.05) is 13.1 Å². The molecule has 1 aliphatic rings. The Kier molecular flexibility index (Phi) is 4.25. The van der Waals surface area contributed by atoms with Crippen LogP contribution in [-0.2, 0) is 6.42 Å². The Balaban J connectivity index is 1.75. The molecule has 1 aliphatic heterocycles. The van der Waals surface area contributed by atoms with Crippen LogP contribution in [0.3, 0.4) is 0 Å². The van der Waals surface area contributed by atoms with Crippen LogP contribution in [0.1, 0.15) is 18.7 Å². The number of hydrogen-bond donors (Lipinski definition) is 1. The van der Waals surface area contributed by atoms with Gasteiger partial charge in [-0.05, 0) is 66.0 Å². The molecule has 2 aromatic rings. The molecule has 1 atom stereocenters. The zero-order chi connectivity index (χ0) is 13.1. The molecular formula is C14H16BrN3S. The fourth-order valence-corrected chi connectivity index (χ4v) is 3.80. The molecule has 3 nitrogen and oxygen atoms in total. The molecule has 0 bridgehead atoms. The molecule has 2 aromatic heterocycles. The van der Waals surface area contributed by atoms with E-state index in [0.29, 0.717) is 5.92 Å². The summed E-state index contributed by atoms with van der Waals surface area (Å²) in [6.07, 6.45) is 5.41. The number of hydrogen-bond acceptors (Lipinski definition) is 4. The van der Waals surface area contributed by atoms with Crippen molar-refractivity contribution in [3.05, 3.63) is 34.0 Å². The van der Waals surface area contributed by atoms with E-state index in [2.05, 4.69) is 38.4 Å². The minimum atomic E-state index is 0.680. The van der Waals surface area contributed by atoms with Gasteiger partial charge >= 0.3 is 0 Å². The van der Waals surface area contributed by atoms with E-state index in [1.165, 1.54) is 17.7 Å². The van der Waals surface area contributed by atoms with Gasteiger partial charge in [-0.3, -0.25) is 0 Å². The molecule has 5 heteroatoms. The van der Waals surface area contributed by atoms with E-state index in [9.17, 15) is 0 Å². The maximum Gasteiger partial charge on any atom is 0.129 e. The predicted octanol–water partition coefficient (Wildman–Crippen LogP) is 3.51. The van der Waals surface area contributed by atoms with Crippen molar-refractivity contribution < 1.29 is 0 Å². The molecular weight excluding hydrogens is 322 g/mol. The number of aromatic nitrogens is 2. The number of piperidine rings is 1. The number of nitrogens with one attached hydrogen (secondary N) is 1. The lowest BCUT2D eigenvalue weighted by Gasteiger charge is -2.21. The van der Waals surface area contributed by atoms with Crippen LogP contribution in [-0.4, -0.2) is 23.1 Å². The summed E-state index contributed by atoms with van der Waals surface area (Å²) < 4.78 is 1.14. The monoisotopic (exact) mass is 337 g/mol. The smallest absolute Gasteiger partial charge is 0.129 e. The predicted molar refractivity (Wildman–Crippen MR) is 82.3 cm³/mol. The fourth-order valence-electron chi connectivity index (χ4n) is 2.44. The van der Waals surface area contributed by atoms with Crippen molar-refractivity contribution in [3.8, 4) is 10.6 Å². The average molecular weight is 338 g/mol. The molecule has 0 spiro atoms. The number of rotatable bonds is 3. The Morgan fingerprint density at radius 1 is 1.37 bits per heavy atom. The normalized spacial score (nSPS) is 19.5. The van der Waals surface area contributed by atoms with Gasteiger partial charge in [0.15, 0.2) is 0 Å². The number of halogens is 1. The van der Waals surface area contributed by atoms with E-state index in [0.717, 1.165) is 34.8 Å². The SMILES string of the molecule is Brc1ccc(-c2ccnc(CC3CCCNC3)n2)s1. The molecule has 19 heavy (non-hydrogen) atoms. The summed E-state index contributed by atoms with van der Waals surface area (Å²) in [6.45, 7) is 2.25. The Labute approximate surface area is 125 Å². The summed E-state index contributed by atoms with van der Waals surface area (Å²) in [4.78, 5) is 10.3. The van der Waals surface area contributed by atoms with E-state index in [1.54, 1.807) is 11.3 Å². The first-order valence-electron chi connectivity index (χ1n) is 6.59. The highest BCUT2D eigenvalue weighted by molar-refractivity contribution is 9.11. The molecule has 1 saturated heterocycles. The fraction of sp³-hybridized carbons (Fsp3) is 0.429. The van der Waals surface area contributed by atoms with Gasteiger partial charge in [0.25, 0.3) is 0 Å². The average Bonchev–Trinajstić information content (AvgIpc) is 2.87. The molecule has 1 N–H and O–H groups in total. The molecule has 0 amide bonds. The third-order valence-electron chi connectivity index (χ3n) is 3.40. The molecule has 3 heterocycles. The summed E-state index contributed by atoms with van der Waals surface area (Å²) in [5.41, 5.74) is 1.03. The Hall–Kier alpha value is -0.780. The zero-order valence-corrected chi connectivity index (χ0v) is 13.0. The Morgan fingerprint density at radius 3 is 3.05 bits per heavy atom. The quantitative estimate of drug-likeness (QED) is 0.931. The molecule has 0 aromatic carbocycles. The topological polar surface area (TPSA) is 37.8 Å². The second-order valence-corrected chi connectivity index (χ2v) is 7.34. The van der Waals surface area contributed by atoms with Gasteiger partial charge in [-0.25, -0.2) is 9.97 Å². The van der Waals surface area contributed by atoms with Crippen LogP contribution in [0, 0.1) is 5.92 Å². The van der Waals surface area contributed by atoms with E-state index in [-0.39, 0.29) is 0 Å². The van der Waals surface area contributed by atoms with Crippen molar-refractivity contribution in [2.45, 2.75) is 19.3 Å². The minimum absolute atomic E-state index is 0.680. The largest absolute Gasteiger partial charge is 0.316 e. The summed E-state index contributed by atoms with van der Waals surface area (Å²) in [6, 6.07) is 6.15. The van der Waals surface area contributed by atoms with Gasteiger partial charge < -0.3 is 5.32 Å². The van der Waals surface area contributed by atoms with E-state index in [1.807, 2.05) is 12.3 Å². The minimum Gasteiger partial charge on any atom is -0.316 e. The lowest BCUT2D eigenvalue weighted by molar-refractivity contribution is 0.371. The van der Waals surface area contributed by atoms with Gasteiger partial charge in [0.1, 0.15) is 5.82 Å². The van der Waals surface area contributed by atoms with Crippen molar-refractivity contribution in [1.82, 2.24) is 15.3 Å². The van der Waals surface area contributed by atoms with Gasteiger partial charge in [0.05, 0.1) is 14.4 Å². The summed E-state index contributed by atoms with van der Waals surface area (Å²) in [5, 5.41) is 3.45. The maximum atomic E-state index is 4.70. The summed E-state index contributed by atoms with van der Waals surface area (Å²) >= 11 is 5.20. The lowest BCUT2D eigenvalue weighted by Crippen LogP contribution is -2.31.